The fourth-order valence-electron chi connectivity index (χ4n) is 2.73. The first-order valence-electron chi connectivity index (χ1n) is 7.25. The summed E-state index contributed by atoms with van der Waals surface area (Å²) in [7, 11) is 0. The number of aromatic nitrogens is 1. The van der Waals surface area contributed by atoms with Crippen LogP contribution in [0.4, 0.5) is 0 Å². The van der Waals surface area contributed by atoms with Crippen molar-refractivity contribution in [3.05, 3.63) is 45.7 Å². The van der Waals surface area contributed by atoms with E-state index in [1.165, 1.54) is 6.07 Å². The van der Waals surface area contributed by atoms with Crippen molar-refractivity contribution >= 4 is 16.8 Å². The molecule has 1 saturated heterocycles. The van der Waals surface area contributed by atoms with Gasteiger partial charge in [-0.3, -0.25) is 9.59 Å². The molecular formula is C16H18N2O4. The number of hydrogen-bond donors (Lipinski definition) is 3. The average Bonchev–Trinajstić information content (AvgIpc) is 2.49. The van der Waals surface area contributed by atoms with Gasteiger partial charge in [-0.05, 0) is 25.5 Å². The van der Waals surface area contributed by atoms with Crippen molar-refractivity contribution in [1.82, 2.24) is 10.3 Å². The zero-order chi connectivity index (χ0) is 15.7. The molecule has 1 aromatic heterocycles. The lowest BCUT2D eigenvalue weighted by Crippen LogP contribution is -2.48. The summed E-state index contributed by atoms with van der Waals surface area (Å²) < 4.78 is 5.15. The van der Waals surface area contributed by atoms with Crippen LogP contribution in [0, 0.1) is 6.92 Å². The van der Waals surface area contributed by atoms with Crippen LogP contribution in [-0.4, -0.2) is 41.4 Å². The maximum absolute atomic E-state index is 12.5. The van der Waals surface area contributed by atoms with Crippen molar-refractivity contribution < 1.29 is 14.6 Å². The van der Waals surface area contributed by atoms with Crippen LogP contribution in [0.5, 0.6) is 0 Å². The Morgan fingerprint density at radius 1 is 1.45 bits per heavy atom. The molecule has 3 rings (SSSR count). The number of aliphatic hydroxyl groups is 1. The SMILES string of the molecule is Cc1cc(=O)c2cccc(C(=O)N[C@@H]3CCOC[C@H]3O)c2[nH]1. The molecule has 1 amide bonds. The van der Waals surface area contributed by atoms with Gasteiger partial charge >= 0.3 is 0 Å². The molecule has 22 heavy (non-hydrogen) atoms. The average molecular weight is 302 g/mol. The number of ether oxygens (including phenoxy) is 1. The molecular weight excluding hydrogens is 284 g/mol. The van der Waals surface area contributed by atoms with Gasteiger partial charge < -0.3 is 20.1 Å². The van der Waals surface area contributed by atoms with Gasteiger partial charge in [-0.2, -0.15) is 0 Å². The third kappa shape index (κ3) is 2.75. The maximum Gasteiger partial charge on any atom is 0.253 e. The van der Waals surface area contributed by atoms with E-state index in [2.05, 4.69) is 10.3 Å². The van der Waals surface area contributed by atoms with E-state index in [4.69, 9.17) is 4.74 Å². The third-order valence-electron chi connectivity index (χ3n) is 3.89. The van der Waals surface area contributed by atoms with Crippen LogP contribution in [0.3, 0.4) is 0 Å². The van der Waals surface area contributed by atoms with E-state index in [1.54, 1.807) is 25.1 Å². The molecule has 0 saturated carbocycles. The molecule has 1 fully saturated rings. The molecule has 116 valence electrons. The summed E-state index contributed by atoms with van der Waals surface area (Å²) in [6.45, 7) is 2.50. The number of nitrogens with one attached hydrogen (secondary N) is 2. The predicted molar refractivity (Wildman–Crippen MR) is 82.0 cm³/mol. The van der Waals surface area contributed by atoms with Gasteiger partial charge in [0.05, 0.1) is 29.8 Å². The second-order valence-electron chi connectivity index (χ2n) is 5.56. The van der Waals surface area contributed by atoms with Crippen molar-refractivity contribution in [3.63, 3.8) is 0 Å². The summed E-state index contributed by atoms with van der Waals surface area (Å²) >= 11 is 0. The number of carbonyl (C=O) groups is 1. The molecule has 3 N–H and O–H groups in total. The van der Waals surface area contributed by atoms with Gasteiger partial charge in [-0.1, -0.05) is 6.07 Å². The standard InChI is InChI=1S/C16H18N2O4/c1-9-7-13(19)10-3-2-4-11(15(10)17-9)16(21)18-12-5-6-22-8-14(12)20/h2-4,7,12,14,20H,5-6,8H2,1H3,(H,17,19)(H,18,21)/t12-,14-/m1/s1. The van der Waals surface area contributed by atoms with Gasteiger partial charge in [0, 0.05) is 23.8 Å². The van der Waals surface area contributed by atoms with E-state index in [9.17, 15) is 14.7 Å². The molecule has 2 heterocycles. The Hall–Kier alpha value is -2.18. The fourth-order valence-corrected chi connectivity index (χ4v) is 2.73. The van der Waals surface area contributed by atoms with Crippen LogP contribution >= 0.6 is 0 Å². The highest BCUT2D eigenvalue weighted by atomic mass is 16.5. The topological polar surface area (TPSA) is 91.4 Å². The lowest BCUT2D eigenvalue weighted by Gasteiger charge is -2.28. The lowest BCUT2D eigenvalue weighted by molar-refractivity contribution is -0.0260. The second kappa shape index (κ2) is 5.90. The second-order valence-corrected chi connectivity index (χ2v) is 5.56. The molecule has 0 spiro atoms. The van der Waals surface area contributed by atoms with Gasteiger partial charge in [-0.25, -0.2) is 0 Å². The number of aryl methyl sites for hydroxylation is 1. The van der Waals surface area contributed by atoms with E-state index in [-0.39, 0.29) is 24.0 Å². The summed E-state index contributed by atoms with van der Waals surface area (Å²) in [6.07, 6.45) is -0.152. The number of H-pyrrole nitrogens is 1. The Morgan fingerprint density at radius 3 is 3.05 bits per heavy atom. The van der Waals surface area contributed by atoms with E-state index in [0.29, 0.717) is 35.2 Å². The fraction of sp³-hybridized carbons (Fsp3) is 0.375. The minimum Gasteiger partial charge on any atom is -0.389 e. The zero-order valence-corrected chi connectivity index (χ0v) is 12.3. The van der Waals surface area contributed by atoms with Crippen LogP contribution in [0.1, 0.15) is 22.5 Å². The van der Waals surface area contributed by atoms with E-state index in [1.807, 2.05) is 0 Å². The van der Waals surface area contributed by atoms with Gasteiger partial charge in [-0.15, -0.1) is 0 Å². The minimum atomic E-state index is -0.714. The molecule has 0 radical (unpaired) electrons. The first-order valence-corrected chi connectivity index (χ1v) is 7.25. The third-order valence-corrected chi connectivity index (χ3v) is 3.89. The Bertz CT molecular complexity index is 768. The predicted octanol–water partition coefficient (Wildman–Crippen LogP) is 0.716. The van der Waals surface area contributed by atoms with Crippen LogP contribution in [-0.2, 0) is 4.74 Å². The van der Waals surface area contributed by atoms with Gasteiger partial charge in [0.2, 0.25) is 0 Å². The molecule has 1 aliphatic rings. The molecule has 6 nitrogen and oxygen atoms in total. The van der Waals surface area contributed by atoms with Gasteiger partial charge in [0.15, 0.2) is 5.43 Å². The molecule has 6 heteroatoms. The number of amides is 1. The Labute approximate surface area is 127 Å². The van der Waals surface area contributed by atoms with Crippen molar-refractivity contribution in [2.24, 2.45) is 0 Å². The maximum atomic E-state index is 12.5. The monoisotopic (exact) mass is 302 g/mol. The number of aromatic amines is 1. The number of para-hydroxylation sites is 1. The molecule has 0 unspecified atom stereocenters. The number of benzene rings is 1. The van der Waals surface area contributed by atoms with Crippen molar-refractivity contribution in [2.45, 2.75) is 25.5 Å². The largest absolute Gasteiger partial charge is 0.389 e. The summed E-state index contributed by atoms with van der Waals surface area (Å²) in [4.78, 5) is 27.6. The Kier molecular flexibility index (Phi) is 3.96. The Morgan fingerprint density at radius 2 is 2.27 bits per heavy atom. The van der Waals surface area contributed by atoms with E-state index in [0.717, 1.165) is 0 Å². The number of carbonyl (C=O) groups excluding carboxylic acids is 1. The molecule has 0 bridgehead atoms. The zero-order valence-electron chi connectivity index (χ0n) is 12.3. The van der Waals surface area contributed by atoms with Gasteiger partial charge in [0.25, 0.3) is 5.91 Å². The highest BCUT2D eigenvalue weighted by Crippen LogP contribution is 2.15. The quantitative estimate of drug-likeness (QED) is 0.762. The number of hydrogen-bond acceptors (Lipinski definition) is 4. The van der Waals surface area contributed by atoms with Crippen LogP contribution < -0.4 is 10.7 Å². The molecule has 0 aliphatic carbocycles. The highest BCUT2D eigenvalue weighted by Gasteiger charge is 2.26. The van der Waals surface area contributed by atoms with E-state index >= 15 is 0 Å². The summed E-state index contributed by atoms with van der Waals surface area (Å²) in [5.74, 6) is -0.308. The lowest BCUT2D eigenvalue weighted by atomic mass is 10.0. The molecule has 1 aliphatic heterocycles. The normalized spacial score (nSPS) is 21.7. The van der Waals surface area contributed by atoms with Crippen LogP contribution in [0.2, 0.25) is 0 Å². The highest BCUT2D eigenvalue weighted by molar-refractivity contribution is 6.05. The molecule has 2 atom stereocenters. The minimum absolute atomic E-state index is 0.119. The first-order chi connectivity index (χ1) is 10.6. The number of aliphatic hydroxyl groups excluding tert-OH is 1. The summed E-state index contributed by atoms with van der Waals surface area (Å²) in [5.41, 5.74) is 1.50. The Balaban J connectivity index is 1.95. The molecule has 1 aromatic carbocycles. The number of pyridine rings is 1. The van der Waals surface area contributed by atoms with Crippen LogP contribution in [0.15, 0.2) is 29.1 Å². The van der Waals surface area contributed by atoms with Crippen molar-refractivity contribution in [2.75, 3.05) is 13.2 Å². The van der Waals surface area contributed by atoms with Gasteiger partial charge in [0.1, 0.15) is 0 Å². The molecule has 2 aromatic rings. The van der Waals surface area contributed by atoms with Crippen molar-refractivity contribution in [1.29, 1.82) is 0 Å². The smallest absolute Gasteiger partial charge is 0.253 e. The summed E-state index contributed by atoms with van der Waals surface area (Å²) in [5, 5.41) is 13.2. The first kappa shape index (κ1) is 14.7. The number of fused-ring (bicyclic) bond motifs is 1. The van der Waals surface area contributed by atoms with E-state index < -0.39 is 6.10 Å². The van der Waals surface area contributed by atoms with Crippen molar-refractivity contribution in [3.8, 4) is 0 Å². The van der Waals surface area contributed by atoms with Crippen LogP contribution in [0.25, 0.3) is 10.9 Å². The summed E-state index contributed by atoms with van der Waals surface area (Å²) in [6, 6.07) is 6.20. The number of rotatable bonds is 2.